The molecule has 1 atom stereocenters. The van der Waals surface area contributed by atoms with E-state index in [1.165, 1.54) is 10.5 Å². The van der Waals surface area contributed by atoms with Crippen molar-refractivity contribution in [3.63, 3.8) is 0 Å². The number of aliphatic carboxylic acids is 1. The molecule has 3 aromatic rings. The number of hydrogen-bond acceptors (Lipinski definition) is 7. The Morgan fingerprint density at radius 1 is 1.11 bits per heavy atom. The zero-order valence-electron chi connectivity index (χ0n) is 21.8. The number of nitrogens with one attached hydrogen (secondary N) is 2. The van der Waals surface area contributed by atoms with Gasteiger partial charge in [-0.2, -0.15) is 0 Å². The number of ether oxygens (including phenoxy) is 1. The molecule has 0 aliphatic carbocycles. The Hall–Kier alpha value is -4.18. The van der Waals surface area contributed by atoms with E-state index in [1.54, 1.807) is 13.3 Å². The molecule has 0 saturated carbocycles. The number of fused-ring (bicyclic) bond motifs is 1. The lowest BCUT2D eigenvalue weighted by Crippen LogP contribution is -2.48. The lowest BCUT2D eigenvalue weighted by atomic mass is 10.1. The van der Waals surface area contributed by atoms with Crippen LogP contribution in [0.15, 0.2) is 54.7 Å². The molecule has 1 aliphatic heterocycles. The fourth-order valence-corrected chi connectivity index (χ4v) is 4.24. The van der Waals surface area contributed by atoms with Crippen LogP contribution in [0.1, 0.15) is 30.9 Å². The molecule has 4 rings (SSSR count). The number of methoxy groups -OCH3 is 1. The fourth-order valence-electron chi connectivity index (χ4n) is 4.24. The normalized spacial score (nSPS) is 14.5. The first-order valence-electron chi connectivity index (χ1n) is 12.6. The highest BCUT2D eigenvalue weighted by Crippen LogP contribution is 2.21. The molecule has 38 heavy (non-hydrogen) atoms. The Kier molecular flexibility index (Phi) is 10.4. The van der Waals surface area contributed by atoms with E-state index in [4.69, 9.17) is 15.6 Å². The number of carbonyl (C=O) groups is 3. The Labute approximate surface area is 222 Å². The number of carboxylic acids is 1. The lowest BCUT2D eigenvalue weighted by molar-refractivity contribution is -0.138. The Morgan fingerprint density at radius 2 is 1.84 bits per heavy atom. The molecule has 202 valence electrons. The van der Waals surface area contributed by atoms with Crippen LogP contribution in [-0.4, -0.2) is 65.6 Å². The van der Waals surface area contributed by atoms with Crippen molar-refractivity contribution in [2.45, 2.75) is 38.8 Å². The SMILES string of the molecule is CCc1ccc(OC)cc1.Nc1nccc2cc(CNC(=O)C3CCCN3C(=O)CNCC(=O)O)ccc12. The van der Waals surface area contributed by atoms with Gasteiger partial charge in [0.2, 0.25) is 11.8 Å². The molecular weight excluding hydrogens is 486 g/mol. The van der Waals surface area contributed by atoms with Crippen molar-refractivity contribution in [1.29, 1.82) is 0 Å². The minimum atomic E-state index is -1.03. The van der Waals surface area contributed by atoms with E-state index in [9.17, 15) is 14.4 Å². The minimum absolute atomic E-state index is 0.101. The summed E-state index contributed by atoms with van der Waals surface area (Å²) in [6.45, 7) is 2.58. The van der Waals surface area contributed by atoms with E-state index in [2.05, 4.69) is 34.7 Å². The van der Waals surface area contributed by atoms with Crippen LogP contribution in [0.2, 0.25) is 0 Å². The molecule has 1 saturated heterocycles. The van der Waals surface area contributed by atoms with Crippen LogP contribution in [0, 0.1) is 0 Å². The third kappa shape index (κ3) is 7.91. The number of amides is 2. The van der Waals surface area contributed by atoms with Gasteiger partial charge in [-0.3, -0.25) is 19.7 Å². The van der Waals surface area contributed by atoms with Gasteiger partial charge in [-0.05, 0) is 60.0 Å². The number of anilines is 1. The topological polar surface area (TPSA) is 147 Å². The van der Waals surface area contributed by atoms with E-state index in [-0.39, 0.29) is 24.9 Å². The number of nitrogens with two attached hydrogens (primary N) is 1. The Bertz CT molecular complexity index is 1230. The summed E-state index contributed by atoms with van der Waals surface area (Å²) >= 11 is 0. The number of rotatable bonds is 9. The molecule has 2 aromatic carbocycles. The van der Waals surface area contributed by atoms with Gasteiger partial charge < -0.3 is 25.8 Å². The van der Waals surface area contributed by atoms with Gasteiger partial charge >= 0.3 is 5.97 Å². The van der Waals surface area contributed by atoms with E-state index in [0.29, 0.717) is 25.3 Å². The molecule has 10 nitrogen and oxygen atoms in total. The fraction of sp³-hybridized carbons (Fsp3) is 0.357. The van der Waals surface area contributed by atoms with Crippen molar-refractivity contribution in [1.82, 2.24) is 20.5 Å². The molecule has 1 unspecified atom stereocenters. The van der Waals surface area contributed by atoms with Gasteiger partial charge in [0.15, 0.2) is 0 Å². The summed E-state index contributed by atoms with van der Waals surface area (Å²) in [5.74, 6) is -0.121. The average molecular weight is 522 g/mol. The largest absolute Gasteiger partial charge is 0.497 e. The maximum atomic E-state index is 12.6. The Morgan fingerprint density at radius 3 is 2.53 bits per heavy atom. The van der Waals surface area contributed by atoms with Crippen LogP contribution >= 0.6 is 0 Å². The highest BCUT2D eigenvalue weighted by atomic mass is 16.5. The maximum absolute atomic E-state index is 12.6. The van der Waals surface area contributed by atoms with Gasteiger partial charge in [0.1, 0.15) is 17.6 Å². The van der Waals surface area contributed by atoms with Crippen molar-refractivity contribution in [2.24, 2.45) is 0 Å². The smallest absolute Gasteiger partial charge is 0.317 e. The summed E-state index contributed by atoms with van der Waals surface area (Å²) in [6, 6.07) is 15.2. The first-order chi connectivity index (χ1) is 18.3. The lowest BCUT2D eigenvalue weighted by Gasteiger charge is -2.24. The average Bonchev–Trinajstić information content (AvgIpc) is 3.42. The monoisotopic (exact) mass is 521 g/mol. The molecule has 5 N–H and O–H groups in total. The number of aryl methyl sites for hydroxylation is 1. The number of carbonyl (C=O) groups excluding carboxylic acids is 2. The van der Waals surface area contributed by atoms with Crippen molar-refractivity contribution in [2.75, 3.05) is 32.5 Å². The van der Waals surface area contributed by atoms with Gasteiger partial charge in [-0.1, -0.05) is 31.2 Å². The summed E-state index contributed by atoms with van der Waals surface area (Å²) in [7, 11) is 1.68. The number of nitrogen functional groups attached to an aromatic ring is 1. The molecular formula is C28H35N5O5. The van der Waals surface area contributed by atoms with Crippen LogP contribution in [-0.2, 0) is 27.3 Å². The maximum Gasteiger partial charge on any atom is 0.317 e. The molecule has 1 aliphatic rings. The highest BCUT2D eigenvalue weighted by Gasteiger charge is 2.33. The number of pyridine rings is 1. The number of carboxylic acid groups (broad SMARTS) is 1. The third-order valence-electron chi connectivity index (χ3n) is 6.32. The molecule has 0 radical (unpaired) electrons. The van der Waals surface area contributed by atoms with Crippen molar-refractivity contribution in [3.8, 4) is 5.75 Å². The summed E-state index contributed by atoms with van der Waals surface area (Å²) in [5, 5.41) is 15.9. The van der Waals surface area contributed by atoms with E-state index in [0.717, 1.165) is 34.9 Å². The predicted octanol–water partition coefficient (Wildman–Crippen LogP) is 2.36. The molecule has 10 heteroatoms. The van der Waals surface area contributed by atoms with Gasteiger partial charge in [0.25, 0.3) is 0 Å². The Balaban J connectivity index is 0.000000336. The van der Waals surface area contributed by atoms with Crippen LogP contribution in [0.4, 0.5) is 5.82 Å². The van der Waals surface area contributed by atoms with Crippen molar-refractivity contribution < 1.29 is 24.2 Å². The second-order valence-corrected chi connectivity index (χ2v) is 8.91. The van der Waals surface area contributed by atoms with Gasteiger partial charge in [0.05, 0.1) is 20.2 Å². The van der Waals surface area contributed by atoms with Gasteiger partial charge in [-0.15, -0.1) is 0 Å². The van der Waals surface area contributed by atoms with Crippen LogP contribution < -0.4 is 21.1 Å². The summed E-state index contributed by atoms with van der Waals surface area (Å²) in [5.41, 5.74) is 8.12. The van der Waals surface area contributed by atoms with E-state index >= 15 is 0 Å². The predicted molar refractivity (Wildman–Crippen MR) is 146 cm³/mol. The van der Waals surface area contributed by atoms with Crippen LogP contribution in [0.3, 0.4) is 0 Å². The highest BCUT2D eigenvalue weighted by molar-refractivity contribution is 5.91. The molecule has 0 bridgehead atoms. The second-order valence-electron chi connectivity index (χ2n) is 8.91. The standard InChI is InChI=1S/C19H23N5O4.C9H12O/c20-18-14-4-3-12(8-13(14)5-6-22-18)9-23-19(28)15-2-1-7-24(15)16(25)10-21-11-17(26)27;1-3-8-4-6-9(10-2)7-5-8/h3-6,8,15,21H,1-2,7,9-11H2,(H2,20,22)(H,23,28)(H,26,27);4-7H,3H2,1-2H3. The number of likely N-dealkylation sites (tertiary alicyclic amines) is 1. The number of aromatic nitrogens is 1. The number of benzene rings is 2. The van der Waals surface area contributed by atoms with Crippen LogP contribution in [0.25, 0.3) is 10.8 Å². The first kappa shape index (κ1) is 28.4. The van der Waals surface area contributed by atoms with Crippen molar-refractivity contribution in [3.05, 3.63) is 65.9 Å². The number of hydrogen-bond donors (Lipinski definition) is 4. The van der Waals surface area contributed by atoms with E-state index in [1.807, 2.05) is 36.4 Å². The molecule has 2 heterocycles. The molecule has 2 amide bonds. The number of nitrogens with zero attached hydrogens (tertiary/aromatic N) is 2. The first-order valence-corrected chi connectivity index (χ1v) is 12.6. The van der Waals surface area contributed by atoms with E-state index < -0.39 is 12.0 Å². The molecule has 0 spiro atoms. The summed E-state index contributed by atoms with van der Waals surface area (Å²) in [6.07, 6.45) is 4.06. The molecule has 1 aromatic heterocycles. The molecule has 1 fully saturated rings. The second kappa shape index (κ2) is 13.9. The zero-order chi connectivity index (χ0) is 27.5. The summed E-state index contributed by atoms with van der Waals surface area (Å²) < 4.78 is 5.01. The van der Waals surface area contributed by atoms with Gasteiger partial charge in [0, 0.05) is 24.7 Å². The third-order valence-corrected chi connectivity index (χ3v) is 6.32. The van der Waals surface area contributed by atoms with Crippen molar-refractivity contribution >= 4 is 34.4 Å². The minimum Gasteiger partial charge on any atom is -0.497 e. The summed E-state index contributed by atoms with van der Waals surface area (Å²) in [4.78, 5) is 40.9. The quantitative estimate of drug-likeness (QED) is 0.336. The van der Waals surface area contributed by atoms with Gasteiger partial charge in [-0.25, -0.2) is 4.98 Å². The van der Waals surface area contributed by atoms with Crippen LogP contribution in [0.5, 0.6) is 5.75 Å². The zero-order valence-corrected chi connectivity index (χ0v) is 21.8.